The van der Waals surface area contributed by atoms with Crippen LogP contribution in [-0.2, 0) is 0 Å². The normalized spacial score (nSPS) is 41.1. The van der Waals surface area contributed by atoms with Crippen molar-refractivity contribution in [3.8, 4) is 0 Å². The van der Waals surface area contributed by atoms with Crippen molar-refractivity contribution in [2.24, 2.45) is 5.92 Å². The third-order valence-electron chi connectivity index (χ3n) is 4.14. The maximum Gasteiger partial charge on any atom is 0.103 e. The van der Waals surface area contributed by atoms with Gasteiger partial charge in [0.25, 0.3) is 0 Å². The van der Waals surface area contributed by atoms with Crippen LogP contribution in [0.5, 0.6) is 0 Å². The van der Waals surface area contributed by atoms with Crippen molar-refractivity contribution in [2.45, 2.75) is 63.6 Å². The Balaban J connectivity index is 1.98. The summed E-state index contributed by atoms with van der Waals surface area (Å²) in [5, 5.41) is 3.56. The summed E-state index contributed by atoms with van der Waals surface area (Å²) in [6.45, 7) is 3.10. The van der Waals surface area contributed by atoms with E-state index in [-0.39, 0.29) is 5.54 Å². The molecule has 2 heteroatoms. The van der Waals surface area contributed by atoms with Gasteiger partial charge in [-0.3, -0.25) is 0 Å². The maximum absolute atomic E-state index is 13.4. The lowest BCUT2D eigenvalue weighted by molar-refractivity contribution is 0.0923. The van der Waals surface area contributed by atoms with Gasteiger partial charge < -0.3 is 5.32 Å². The van der Waals surface area contributed by atoms with E-state index in [2.05, 4.69) is 12.2 Å². The van der Waals surface area contributed by atoms with Gasteiger partial charge in [0.05, 0.1) is 0 Å². The maximum atomic E-state index is 13.4. The summed E-state index contributed by atoms with van der Waals surface area (Å²) in [5.74, 6) is 0.717. The first-order valence-corrected chi connectivity index (χ1v) is 6.10. The zero-order valence-electron chi connectivity index (χ0n) is 9.19. The van der Waals surface area contributed by atoms with Crippen molar-refractivity contribution in [2.75, 3.05) is 6.54 Å². The summed E-state index contributed by atoms with van der Waals surface area (Å²) >= 11 is 0. The Morgan fingerprint density at radius 1 is 1.14 bits per heavy atom. The van der Waals surface area contributed by atoms with E-state index in [1.54, 1.807) is 0 Å². The van der Waals surface area contributed by atoms with Gasteiger partial charge in [-0.1, -0.05) is 19.3 Å². The minimum atomic E-state index is -0.567. The second-order valence-electron chi connectivity index (χ2n) is 5.27. The molecule has 0 spiro atoms. The molecular formula is C12H22FN. The van der Waals surface area contributed by atoms with Crippen molar-refractivity contribution in [1.82, 2.24) is 5.32 Å². The fraction of sp³-hybridized carbons (Fsp3) is 1.00. The number of piperidine rings is 1. The third-order valence-corrected chi connectivity index (χ3v) is 4.14. The molecule has 1 saturated heterocycles. The van der Waals surface area contributed by atoms with Gasteiger partial charge in [0, 0.05) is 5.54 Å². The van der Waals surface area contributed by atoms with Crippen molar-refractivity contribution < 1.29 is 4.39 Å². The quantitative estimate of drug-likeness (QED) is 0.684. The number of rotatable bonds is 1. The van der Waals surface area contributed by atoms with Gasteiger partial charge in [-0.15, -0.1) is 0 Å². The van der Waals surface area contributed by atoms with Crippen LogP contribution >= 0.6 is 0 Å². The first-order chi connectivity index (χ1) is 6.71. The Bertz CT molecular complexity index is 189. The van der Waals surface area contributed by atoms with Gasteiger partial charge in [-0.2, -0.15) is 0 Å². The first-order valence-electron chi connectivity index (χ1n) is 6.10. The Morgan fingerprint density at radius 3 is 2.50 bits per heavy atom. The second kappa shape index (κ2) is 4.18. The van der Waals surface area contributed by atoms with Gasteiger partial charge in [-0.25, -0.2) is 4.39 Å². The van der Waals surface area contributed by atoms with E-state index in [9.17, 15) is 4.39 Å². The van der Waals surface area contributed by atoms with E-state index in [1.165, 1.54) is 32.1 Å². The van der Waals surface area contributed by atoms with E-state index in [1.807, 2.05) is 0 Å². The Hall–Kier alpha value is -0.110. The summed E-state index contributed by atoms with van der Waals surface area (Å²) < 4.78 is 13.4. The Labute approximate surface area is 86.5 Å². The molecule has 0 amide bonds. The molecule has 0 aromatic heterocycles. The van der Waals surface area contributed by atoms with E-state index in [0.717, 1.165) is 18.9 Å². The molecule has 2 rings (SSSR count). The molecule has 14 heavy (non-hydrogen) atoms. The van der Waals surface area contributed by atoms with Crippen LogP contribution in [0, 0.1) is 5.92 Å². The van der Waals surface area contributed by atoms with Crippen molar-refractivity contribution in [3.63, 3.8) is 0 Å². The lowest BCUT2D eigenvalue weighted by atomic mass is 9.71. The fourth-order valence-electron chi connectivity index (χ4n) is 3.20. The topological polar surface area (TPSA) is 12.0 Å². The van der Waals surface area contributed by atoms with E-state index in [0.29, 0.717) is 6.42 Å². The zero-order chi connectivity index (χ0) is 10.0. The molecule has 82 valence electrons. The minimum absolute atomic E-state index is 0.0953. The molecule has 0 aromatic carbocycles. The molecule has 1 heterocycles. The number of alkyl halides is 1. The molecule has 0 radical (unpaired) electrons. The van der Waals surface area contributed by atoms with Crippen LogP contribution in [-0.4, -0.2) is 18.3 Å². The van der Waals surface area contributed by atoms with Crippen molar-refractivity contribution >= 4 is 0 Å². The smallest absolute Gasteiger partial charge is 0.103 e. The molecule has 2 aliphatic rings. The Morgan fingerprint density at radius 2 is 1.86 bits per heavy atom. The predicted octanol–water partition coefficient (Wildman–Crippen LogP) is 3.05. The van der Waals surface area contributed by atoms with Gasteiger partial charge in [0.15, 0.2) is 0 Å². The van der Waals surface area contributed by atoms with Crippen LogP contribution in [0.1, 0.15) is 51.9 Å². The molecule has 0 bridgehead atoms. The van der Waals surface area contributed by atoms with Crippen LogP contribution in [0.3, 0.4) is 0 Å². The number of nitrogens with one attached hydrogen (secondary N) is 1. The molecule has 1 N–H and O–H groups in total. The van der Waals surface area contributed by atoms with Gasteiger partial charge in [0.1, 0.15) is 6.17 Å². The molecule has 1 nitrogen and oxygen atoms in total. The number of hydrogen-bond donors (Lipinski definition) is 1. The summed E-state index contributed by atoms with van der Waals surface area (Å²) in [6.07, 6.45) is 7.55. The lowest BCUT2D eigenvalue weighted by Crippen LogP contribution is -2.54. The SMILES string of the molecule is CC1(C2CCCCC2)CC(F)CCN1. The highest BCUT2D eigenvalue weighted by Gasteiger charge is 2.38. The highest BCUT2D eigenvalue weighted by Crippen LogP contribution is 2.37. The molecule has 2 fully saturated rings. The van der Waals surface area contributed by atoms with Crippen molar-refractivity contribution in [1.29, 1.82) is 0 Å². The van der Waals surface area contributed by atoms with Crippen LogP contribution in [0.4, 0.5) is 4.39 Å². The van der Waals surface area contributed by atoms with Gasteiger partial charge in [-0.05, 0) is 45.1 Å². The molecule has 1 aliphatic carbocycles. The van der Waals surface area contributed by atoms with Crippen LogP contribution in [0.15, 0.2) is 0 Å². The summed E-state index contributed by atoms with van der Waals surface area (Å²) in [6, 6.07) is 0. The summed E-state index contributed by atoms with van der Waals surface area (Å²) in [7, 11) is 0. The molecule has 1 saturated carbocycles. The molecule has 1 aliphatic heterocycles. The molecule has 2 atom stereocenters. The number of hydrogen-bond acceptors (Lipinski definition) is 1. The van der Waals surface area contributed by atoms with E-state index < -0.39 is 6.17 Å². The summed E-state index contributed by atoms with van der Waals surface area (Å²) in [4.78, 5) is 0. The lowest BCUT2D eigenvalue weighted by Gasteiger charge is -2.44. The van der Waals surface area contributed by atoms with Crippen LogP contribution < -0.4 is 5.32 Å². The van der Waals surface area contributed by atoms with Crippen LogP contribution in [0.25, 0.3) is 0 Å². The molecule has 0 aromatic rings. The zero-order valence-corrected chi connectivity index (χ0v) is 9.19. The predicted molar refractivity (Wildman–Crippen MR) is 57.1 cm³/mol. The minimum Gasteiger partial charge on any atom is -0.311 e. The summed E-state index contributed by atoms with van der Waals surface area (Å²) in [5.41, 5.74) is 0.0953. The second-order valence-corrected chi connectivity index (χ2v) is 5.27. The monoisotopic (exact) mass is 199 g/mol. The molecule has 2 unspecified atom stereocenters. The van der Waals surface area contributed by atoms with E-state index in [4.69, 9.17) is 0 Å². The fourth-order valence-corrected chi connectivity index (χ4v) is 3.20. The first kappa shape index (κ1) is 10.4. The highest BCUT2D eigenvalue weighted by atomic mass is 19.1. The van der Waals surface area contributed by atoms with Gasteiger partial charge in [0.2, 0.25) is 0 Å². The highest BCUT2D eigenvalue weighted by molar-refractivity contribution is 4.96. The Kier molecular flexibility index (Phi) is 3.10. The number of halogens is 1. The average molecular weight is 199 g/mol. The third kappa shape index (κ3) is 2.10. The average Bonchev–Trinajstić information content (AvgIpc) is 2.19. The van der Waals surface area contributed by atoms with Crippen molar-refractivity contribution in [3.05, 3.63) is 0 Å². The largest absolute Gasteiger partial charge is 0.311 e. The standard InChI is InChI=1S/C12H22FN/c1-12(9-11(13)7-8-14-12)10-5-3-2-4-6-10/h10-11,14H,2-9H2,1H3. The molecular weight excluding hydrogens is 177 g/mol. The van der Waals surface area contributed by atoms with E-state index >= 15 is 0 Å². The van der Waals surface area contributed by atoms with Gasteiger partial charge >= 0.3 is 0 Å². The van der Waals surface area contributed by atoms with Crippen LogP contribution in [0.2, 0.25) is 0 Å².